The third-order valence-corrected chi connectivity index (χ3v) is 6.12. The summed E-state index contributed by atoms with van der Waals surface area (Å²) in [6.45, 7) is 0.260. The van der Waals surface area contributed by atoms with Crippen molar-refractivity contribution in [3.63, 3.8) is 0 Å². The summed E-state index contributed by atoms with van der Waals surface area (Å²) in [4.78, 5) is 25.1. The summed E-state index contributed by atoms with van der Waals surface area (Å²) in [7, 11) is -3.29. The number of carbonyl (C=O) groups is 2. The Morgan fingerprint density at radius 3 is 2.61 bits per heavy atom. The van der Waals surface area contributed by atoms with Crippen LogP contribution in [0.15, 0.2) is 35.4 Å². The summed E-state index contributed by atoms with van der Waals surface area (Å²) in [5.41, 5.74) is 3.25. The summed E-state index contributed by atoms with van der Waals surface area (Å²) in [6, 6.07) is 8.91. The number of hydrogen-bond acceptors (Lipinski definition) is 5. The minimum Gasteiger partial charge on any atom is -0.335 e. The first-order valence-corrected chi connectivity index (χ1v) is 9.10. The molecule has 3 rings (SSSR count). The lowest BCUT2D eigenvalue weighted by atomic mass is 10.1. The molecule has 0 saturated carbocycles. The van der Waals surface area contributed by atoms with Crippen LogP contribution in [-0.2, 0) is 19.4 Å². The highest BCUT2D eigenvalue weighted by Gasteiger charge is 2.37. The van der Waals surface area contributed by atoms with Gasteiger partial charge in [-0.25, -0.2) is 13.8 Å². The topological polar surface area (TPSA) is 95.9 Å². The Morgan fingerprint density at radius 2 is 1.96 bits per heavy atom. The molecule has 1 aromatic carbocycles. The third-order valence-electron chi connectivity index (χ3n) is 4.08. The molecule has 1 unspecified atom stereocenters. The summed E-state index contributed by atoms with van der Waals surface area (Å²) in [5.74, 6) is -0.594. The first kappa shape index (κ1) is 15.7. The van der Waals surface area contributed by atoms with E-state index in [0.29, 0.717) is 5.56 Å². The second-order valence-electron chi connectivity index (χ2n) is 5.61. The van der Waals surface area contributed by atoms with E-state index >= 15 is 0 Å². The van der Waals surface area contributed by atoms with Crippen LogP contribution in [-0.4, -0.2) is 49.7 Å². The summed E-state index contributed by atoms with van der Waals surface area (Å²) in [5, 5.41) is 3.07. The second-order valence-corrected chi connectivity index (χ2v) is 7.91. The highest BCUT2D eigenvalue weighted by atomic mass is 32.2. The molecular weight excluding hydrogens is 318 g/mol. The van der Waals surface area contributed by atoms with E-state index in [1.165, 1.54) is 4.90 Å². The Labute approximate surface area is 134 Å². The van der Waals surface area contributed by atoms with Crippen molar-refractivity contribution in [2.24, 2.45) is 5.10 Å². The van der Waals surface area contributed by atoms with Crippen LogP contribution >= 0.6 is 0 Å². The molecule has 0 bridgehead atoms. The van der Waals surface area contributed by atoms with Gasteiger partial charge in [0.15, 0.2) is 9.84 Å². The van der Waals surface area contributed by atoms with Gasteiger partial charge in [0.25, 0.3) is 5.91 Å². The van der Waals surface area contributed by atoms with Crippen molar-refractivity contribution in [3.8, 4) is 0 Å². The maximum absolute atomic E-state index is 12.5. The van der Waals surface area contributed by atoms with E-state index in [4.69, 9.17) is 0 Å². The number of nitrogens with one attached hydrogen (secondary N) is 1. The molecule has 1 N–H and O–H groups in total. The van der Waals surface area contributed by atoms with E-state index in [0.717, 1.165) is 0 Å². The van der Waals surface area contributed by atoms with Gasteiger partial charge in [-0.05, 0) is 5.56 Å². The van der Waals surface area contributed by atoms with Crippen molar-refractivity contribution < 1.29 is 18.0 Å². The van der Waals surface area contributed by atoms with Gasteiger partial charge in [0, 0.05) is 25.9 Å². The molecule has 0 aliphatic carbocycles. The van der Waals surface area contributed by atoms with Crippen LogP contribution in [0.4, 0.5) is 0 Å². The molecular formula is C15H17N3O4S. The van der Waals surface area contributed by atoms with Gasteiger partial charge >= 0.3 is 0 Å². The first-order chi connectivity index (χ1) is 11.0. The third kappa shape index (κ3) is 3.26. The Morgan fingerprint density at radius 1 is 1.22 bits per heavy atom. The molecule has 1 saturated heterocycles. The molecule has 0 spiro atoms. The fourth-order valence-corrected chi connectivity index (χ4v) is 4.50. The number of carbonyl (C=O) groups excluding carboxylic acids is 2. The van der Waals surface area contributed by atoms with Crippen molar-refractivity contribution in [3.05, 3.63) is 35.9 Å². The van der Waals surface area contributed by atoms with E-state index < -0.39 is 15.1 Å². The summed E-state index contributed by atoms with van der Waals surface area (Å²) >= 11 is 0. The molecule has 122 valence electrons. The number of rotatable bonds is 2. The van der Waals surface area contributed by atoms with Crippen LogP contribution in [0.5, 0.6) is 0 Å². The minimum atomic E-state index is -3.29. The van der Waals surface area contributed by atoms with E-state index in [1.54, 1.807) is 24.3 Å². The number of hydrogen-bond donors (Lipinski definition) is 1. The van der Waals surface area contributed by atoms with Gasteiger partial charge in [-0.1, -0.05) is 30.3 Å². The standard InChI is InChI=1S/C15H17N3O4S/c19-14-7-6-12(16-17-14)15(20)18-8-9-23(21,22)13(10-18)11-4-2-1-3-5-11/h1-5,13H,6-10H2,(H,17,19). The highest BCUT2D eigenvalue weighted by Crippen LogP contribution is 2.28. The van der Waals surface area contributed by atoms with Gasteiger partial charge in [0.2, 0.25) is 5.91 Å². The molecule has 1 atom stereocenters. The Hall–Kier alpha value is -2.22. The van der Waals surface area contributed by atoms with Crippen molar-refractivity contribution in [1.29, 1.82) is 0 Å². The summed E-state index contributed by atoms with van der Waals surface area (Å²) in [6.07, 6.45) is 0.503. The number of hydrazone groups is 1. The maximum Gasteiger partial charge on any atom is 0.270 e. The monoisotopic (exact) mass is 335 g/mol. The Kier molecular flexibility index (Phi) is 4.16. The van der Waals surface area contributed by atoms with Crippen LogP contribution in [0.25, 0.3) is 0 Å². The molecule has 2 aliphatic heterocycles. The molecule has 7 nitrogen and oxygen atoms in total. The largest absolute Gasteiger partial charge is 0.335 e. The lowest BCUT2D eigenvalue weighted by molar-refractivity contribution is -0.124. The summed E-state index contributed by atoms with van der Waals surface area (Å²) < 4.78 is 24.7. The van der Waals surface area contributed by atoms with Gasteiger partial charge in [-0.2, -0.15) is 5.10 Å². The number of sulfone groups is 1. The molecule has 23 heavy (non-hydrogen) atoms. The van der Waals surface area contributed by atoms with Crippen LogP contribution in [0, 0.1) is 0 Å². The van der Waals surface area contributed by atoms with E-state index in [9.17, 15) is 18.0 Å². The number of amides is 2. The van der Waals surface area contributed by atoms with Gasteiger partial charge < -0.3 is 4.90 Å². The molecule has 1 fully saturated rings. The van der Waals surface area contributed by atoms with E-state index in [1.807, 2.05) is 6.07 Å². The van der Waals surface area contributed by atoms with Gasteiger partial charge in [-0.3, -0.25) is 9.59 Å². The fraction of sp³-hybridized carbons (Fsp3) is 0.400. The quantitative estimate of drug-likeness (QED) is 0.838. The van der Waals surface area contributed by atoms with Crippen LogP contribution < -0.4 is 5.43 Å². The van der Waals surface area contributed by atoms with Gasteiger partial charge in [0.05, 0.1) is 5.75 Å². The minimum absolute atomic E-state index is 0.0715. The average Bonchev–Trinajstić information content (AvgIpc) is 2.55. The van der Waals surface area contributed by atoms with Crippen LogP contribution in [0.1, 0.15) is 23.7 Å². The molecule has 1 aromatic rings. The second kappa shape index (κ2) is 6.11. The van der Waals surface area contributed by atoms with Crippen LogP contribution in [0.2, 0.25) is 0 Å². The zero-order valence-electron chi connectivity index (χ0n) is 12.4. The predicted molar refractivity (Wildman–Crippen MR) is 84.4 cm³/mol. The molecule has 0 radical (unpaired) electrons. The molecule has 0 aromatic heterocycles. The lowest BCUT2D eigenvalue weighted by Crippen LogP contribution is -2.48. The van der Waals surface area contributed by atoms with Crippen molar-refractivity contribution in [1.82, 2.24) is 10.3 Å². The Bertz CT molecular complexity index is 758. The number of benzene rings is 1. The molecule has 2 heterocycles. The SMILES string of the molecule is O=C1CCC(C(=O)N2CCS(=O)(=O)C(c3ccccc3)C2)=NN1. The van der Waals surface area contributed by atoms with Crippen molar-refractivity contribution in [2.45, 2.75) is 18.1 Å². The molecule has 2 amide bonds. The molecule has 2 aliphatic rings. The normalized spacial score (nSPS) is 23.8. The van der Waals surface area contributed by atoms with Crippen LogP contribution in [0.3, 0.4) is 0 Å². The van der Waals surface area contributed by atoms with Gasteiger partial charge in [0.1, 0.15) is 11.0 Å². The van der Waals surface area contributed by atoms with E-state index in [-0.39, 0.29) is 49.2 Å². The number of nitrogens with zero attached hydrogens (tertiary/aromatic N) is 2. The zero-order valence-corrected chi connectivity index (χ0v) is 13.3. The van der Waals surface area contributed by atoms with Crippen molar-refractivity contribution in [2.75, 3.05) is 18.8 Å². The highest BCUT2D eigenvalue weighted by molar-refractivity contribution is 7.91. The smallest absolute Gasteiger partial charge is 0.270 e. The van der Waals surface area contributed by atoms with Gasteiger partial charge in [-0.15, -0.1) is 0 Å². The lowest BCUT2D eigenvalue weighted by Gasteiger charge is -2.33. The maximum atomic E-state index is 12.5. The van der Waals surface area contributed by atoms with Crippen molar-refractivity contribution >= 4 is 27.4 Å². The average molecular weight is 335 g/mol. The Balaban J connectivity index is 1.81. The molecule has 8 heteroatoms. The fourth-order valence-electron chi connectivity index (χ4n) is 2.76. The first-order valence-electron chi connectivity index (χ1n) is 7.38. The zero-order chi connectivity index (χ0) is 16.4. The van der Waals surface area contributed by atoms with E-state index in [2.05, 4.69) is 10.5 Å². The predicted octanol–water partition coefficient (Wildman–Crippen LogP) is 0.251.